The Bertz CT molecular complexity index is 1830. The molecule has 5 rings (SSSR count). The number of benzene rings is 3. The predicted molar refractivity (Wildman–Crippen MR) is 168 cm³/mol. The molecular weight excluding hydrogens is 603 g/mol. The van der Waals surface area contributed by atoms with Gasteiger partial charge in [0.25, 0.3) is 5.91 Å². The molecule has 3 aromatic carbocycles. The van der Waals surface area contributed by atoms with Crippen molar-refractivity contribution in [3.05, 3.63) is 88.2 Å². The number of halogens is 1. The topological polar surface area (TPSA) is 135 Å². The molecule has 0 atom stereocenters. The third-order valence-corrected chi connectivity index (χ3v) is 8.86. The van der Waals surface area contributed by atoms with Crippen molar-refractivity contribution in [1.29, 1.82) is 0 Å². The zero-order valence-corrected chi connectivity index (χ0v) is 26.1. The van der Waals surface area contributed by atoms with Crippen LogP contribution in [0.5, 0.6) is 0 Å². The first-order valence-corrected chi connectivity index (χ1v) is 16.4. The van der Waals surface area contributed by atoms with E-state index in [1.807, 2.05) is 6.07 Å². The Morgan fingerprint density at radius 1 is 1.04 bits per heavy atom. The van der Waals surface area contributed by atoms with Crippen LogP contribution in [-0.2, 0) is 26.1 Å². The largest absolute Gasteiger partial charge is 0.478 e. The molecule has 2 N–H and O–H groups in total. The van der Waals surface area contributed by atoms with E-state index in [0.717, 1.165) is 30.2 Å². The van der Waals surface area contributed by atoms with Crippen molar-refractivity contribution in [2.75, 3.05) is 44.0 Å². The Labute approximate surface area is 260 Å². The zero-order chi connectivity index (χ0) is 32.3. The highest BCUT2D eigenvalue weighted by atomic mass is 32.2. The molecule has 10 nitrogen and oxygen atoms in total. The summed E-state index contributed by atoms with van der Waals surface area (Å²) >= 11 is 0. The molecule has 0 unspecified atom stereocenters. The van der Waals surface area contributed by atoms with E-state index in [4.69, 9.17) is 13.9 Å². The molecule has 1 amide bonds. The number of aryl methyl sites for hydroxylation is 1. The molecule has 0 saturated heterocycles. The Morgan fingerprint density at radius 3 is 2.38 bits per heavy atom. The van der Waals surface area contributed by atoms with Crippen molar-refractivity contribution in [3.8, 4) is 11.3 Å². The molecule has 0 spiro atoms. The van der Waals surface area contributed by atoms with Crippen LogP contribution >= 0.6 is 0 Å². The lowest BCUT2D eigenvalue weighted by molar-refractivity contribution is 0.0435. The summed E-state index contributed by atoms with van der Waals surface area (Å²) in [7, 11) is -2.21. The van der Waals surface area contributed by atoms with Crippen molar-refractivity contribution in [2.45, 2.75) is 32.3 Å². The summed E-state index contributed by atoms with van der Waals surface area (Å²) in [6, 6.07) is 14.1. The number of hydrogen-bond acceptors (Lipinski definition) is 7. The second-order valence-electron chi connectivity index (χ2n) is 11.0. The van der Waals surface area contributed by atoms with Gasteiger partial charge in [-0.05, 0) is 78.8 Å². The van der Waals surface area contributed by atoms with Crippen molar-refractivity contribution in [3.63, 3.8) is 0 Å². The summed E-state index contributed by atoms with van der Waals surface area (Å²) in [5.74, 6) is -1.36. The lowest BCUT2D eigenvalue weighted by atomic mass is 10.0. The summed E-state index contributed by atoms with van der Waals surface area (Å²) in [6.45, 7) is 2.66. The molecule has 1 aliphatic carbocycles. The number of aromatic carboxylic acids is 1. The highest BCUT2D eigenvalue weighted by Crippen LogP contribution is 2.48. The van der Waals surface area contributed by atoms with E-state index in [1.54, 1.807) is 31.2 Å². The SMILES string of the molecule is CNC(=O)c1c(-c2ccc(F)cc2)oc2cc(N(CCOCCOCc3ccc(C(=O)O)c(C)c3)S(C)(=O)=O)c(C3CC3)cc12. The molecular formula is C33H35FN2O8S. The standard InChI is InChI=1S/C33H35FN2O8S/c1-20-16-21(4-11-25(20)33(38)39)19-43-15-14-42-13-12-36(45(3,40)41)28-18-29-27(17-26(28)22-5-6-22)30(32(37)35-2)31(44-29)23-7-9-24(34)10-8-23/h4,7-11,16-18,22H,5-6,12-15,19H2,1-3H3,(H,35,37)(H,38,39). The number of sulfonamides is 1. The van der Waals surface area contributed by atoms with Crippen LogP contribution in [0.15, 0.2) is 59.0 Å². The average Bonchev–Trinajstić information content (AvgIpc) is 3.77. The smallest absolute Gasteiger partial charge is 0.335 e. The van der Waals surface area contributed by atoms with Crippen molar-refractivity contribution in [2.24, 2.45) is 0 Å². The van der Waals surface area contributed by atoms with Crippen molar-refractivity contribution < 1.29 is 41.4 Å². The van der Waals surface area contributed by atoms with Gasteiger partial charge in [-0.2, -0.15) is 0 Å². The van der Waals surface area contributed by atoms with Gasteiger partial charge in [0.2, 0.25) is 10.0 Å². The number of carboxylic acid groups (broad SMARTS) is 1. The minimum absolute atomic E-state index is 0.0493. The van der Waals surface area contributed by atoms with E-state index in [9.17, 15) is 27.5 Å². The monoisotopic (exact) mass is 638 g/mol. The van der Waals surface area contributed by atoms with Gasteiger partial charge in [-0.25, -0.2) is 17.6 Å². The molecule has 1 saturated carbocycles. The number of ether oxygens (including phenoxy) is 2. The Hall–Kier alpha value is -4.26. The van der Waals surface area contributed by atoms with E-state index in [-0.39, 0.29) is 56.1 Å². The van der Waals surface area contributed by atoms with Gasteiger partial charge in [0, 0.05) is 24.1 Å². The number of furan rings is 1. The second kappa shape index (κ2) is 13.4. The van der Waals surface area contributed by atoms with Crippen LogP contribution in [-0.4, -0.2) is 65.1 Å². The van der Waals surface area contributed by atoms with Gasteiger partial charge in [-0.15, -0.1) is 0 Å². The highest BCUT2D eigenvalue weighted by molar-refractivity contribution is 7.92. The lowest BCUT2D eigenvalue weighted by Crippen LogP contribution is -2.34. The molecule has 0 radical (unpaired) electrons. The maximum Gasteiger partial charge on any atom is 0.335 e. The van der Waals surface area contributed by atoms with Gasteiger partial charge in [0.15, 0.2) is 0 Å². The Balaban J connectivity index is 1.32. The molecule has 1 fully saturated rings. The van der Waals surface area contributed by atoms with E-state index in [2.05, 4.69) is 5.32 Å². The van der Waals surface area contributed by atoms with Crippen LogP contribution in [0.1, 0.15) is 56.2 Å². The summed E-state index contributed by atoms with van der Waals surface area (Å²) in [5, 5.41) is 12.4. The van der Waals surface area contributed by atoms with Crippen LogP contribution < -0.4 is 9.62 Å². The summed E-state index contributed by atoms with van der Waals surface area (Å²) in [4.78, 5) is 24.2. The third-order valence-electron chi connectivity index (χ3n) is 7.68. The normalized spacial score (nSPS) is 13.2. The maximum absolute atomic E-state index is 13.6. The molecule has 0 bridgehead atoms. The fraction of sp³-hybridized carbons (Fsp3) is 0.333. The van der Waals surface area contributed by atoms with Gasteiger partial charge >= 0.3 is 5.97 Å². The van der Waals surface area contributed by atoms with Crippen molar-refractivity contribution in [1.82, 2.24) is 5.32 Å². The number of carbonyl (C=O) groups excluding carboxylic acids is 1. The van der Waals surface area contributed by atoms with E-state index in [0.29, 0.717) is 33.3 Å². The number of rotatable bonds is 14. The fourth-order valence-corrected chi connectivity index (χ4v) is 6.24. The fourth-order valence-electron chi connectivity index (χ4n) is 5.32. The number of anilines is 1. The van der Waals surface area contributed by atoms with E-state index >= 15 is 0 Å². The predicted octanol–water partition coefficient (Wildman–Crippen LogP) is 5.48. The van der Waals surface area contributed by atoms with Crippen LogP contribution in [0.3, 0.4) is 0 Å². The molecule has 0 aliphatic heterocycles. The number of carbonyl (C=O) groups is 2. The number of hydrogen-bond donors (Lipinski definition) is 2. The first-order chi connectivity index (χ1) is 21.5. The molecule has 45 heavy (non-hydrogen) atoms. The number of nitrogens with one attached hydrogen (secondary N) is 1. The second-order valence-corrected chi connectivity index (χ2v) is 12.9. The average molecular weight is 639 g/mol. The van der Waals surface area contributed by atoms with Crippen molar-refractivity contribution >= 4 is 38.6 Å². The van der Waals surface area contributed by atoms with Crippen LogP contribution in [0.25, 0.3) is 22.3 Å². The number of carboxylic acids is 1. The zero-order valence-electron chi connectivity index (χ0n) is 25.3. The molecule has 238 valence electrons. The molecule has 1 aliphatic rings. The number of nitrogens with zero attached hydrogens (tertiary/aromatic N) is 1. The Kier molecular flexibility index (Phi) is 9.56. The van der Waals surface area contributed by atoms with Crippen LogP contribution in [0, 0.1) is 12.7 Å². The van der Waals surface area contributed by atoms with E-state index < -0.39 is 21.8 Å². The minimum Gasteiger partial charge on any atom is -0.478 e. The Morgan fingerprint density at radius 2 is 1.76 bits per heavy atom. The molecule has 1 aromatic heterocycles. The van der Waals surface area contributed by atoms with Gasteiger partial charge in [0.1, 0.15) is 17.2 Å². The van der Waals surface area contributed by atoms with Gasteiger partial charge < -0.3 is 24.3 Å². The van der Waals surface area contributed by atoms with Crippen LogP contribution in [0.2, 0.25) is 0 Å². The van der Waals surface area contributed by atoms with Crippen LogP contribution in [0.4, 0.5) is 10.1 Å². The number of fused-ring (bicyclic) bond motifs is 1. The third kappa shape index (κ3) is 7.35. The first-order valence-electron chi connectivity index (χ1n) is 14.5. The maximum atomic E-state index is 13.6. The minimum atomic E-state index is -3.73. The molecule has 12 heteroatoms. The van der Waals surface area contributed by atoms with Gasteiger partial charge in [-0.3, -0.25) is 9.10 Å². The number of amides is 1. The van der Waals surface area contributed by atoms with E-state index in [1.165, 1.54) is 35.6 Å². The molecule has 1 heterocycles. The summed E-state index contributed by atoms with van der Waals surface area (Å²) in [6.07, 6.45) is 2.91. The summed E-state index contributed by atoms with van der Waals surface area (Å²) in [5.41, 5.74) is 4.15. The first kappa shape index (κ1) is 32.1. The lowest BCUT2D eigenvalue weighted by Gasteiger charge is -2.25. The highest BCUT2D eigenvalue weighted by Gasteiger charge is 2.33. The molecule has 4 aromatic rings. The quantitative estimate of drug-likeness (QED) is 0.173. The van der Waals surface area contributed by atoms with Gasteiger partial charge in [-0.1, -0.05) is 12.1 Å². The summed E-state index contributed by atoms with van der Waals surface area (Å²) < 4.78 is 58.5. The van der Waals surface area contributed by atoms with Gasteiger partial charge in [0.05, 0.1) is 56.0 Å².